The van der Waals surface area contributed by atoms with E-state index >= 15 is 0 Å². The van der Waals surface area contributed by atoms with Crippen LogP contribution in [0.1, 0.15) is 0 Å². The molecule has 0 fully saturated rings. The zero-order valence-electron chi connectivity index (χ0n) is 5.69. The quantitative estimate of drug-likeness (QED) is 0.531. The summed E-state index contributed by atoms with van der Waals surface area (Å²) >= 11 is 0. The molecule has 0 saturated heterocycles. The average molecular weight is 169 g/mol. The predicted molar refractivity (Wildman–Crippen MR) is 42.4 cm³/mol. The molecule has 3 nitrogen and oxygen atoms in total. The van der Waals surface area contributed by atoms with Crippen molar-refractivity contribution in [1.82, 2.24) is 0 Å². The normalized spacial score (nSPS) is 10.9. The van der Waals surface area contributed by atoms with Gasteiger partial charge in [0.2, 0.25) is 9.84 Å². The van der Waals surface area contributed by atoms with Crippen molar-refractivity contribution in [3.63, 3.8) is 0 Å². The van der Waals surface area contributed by atoms with E-state index in [1.165, 1.54) is 12.1 Å². The molecule has 0 heterocycles. The molecule has 0 atom stereocenters. The third-order valence-corrected chi connectivity index (χ3v) is 2.47. The lowest BCUT2D eigenvalue weighted by Crippen LogP contribution is -1.99. The van der Waals surface area contributed by atoms with Gasteiger partial charge in [0, 0.05) is 0 Å². The Labute approximate surface area is 65.1 Å². The smallest absolute Gasteiger partial charge is 0.216 e. The van der Waals surface area contributed by atoms with Crippen LogP contribution >= 0.6 is 0 Å². The van der Waals surface area contributed by atoms with Gasteiger partial charge in [0.25, 0.3) is 0 Å². The molecule has 0 aliphatic carbocycles. The Hall–Kier alpha value is -1.16. The van der Waals surface area contributed by atoms with Gasteiger partial charge in [-0.15, -0.1) is 0 Å². The van der Waals surface area contributed by atoms with Crippen molar-refractivity contribution in [3.05, 3.63) is 30.3 Å². The molecule has 4 heteroatoms. The Balaban J connectivity index is 3.24. The first kappa shape index (κ1) is 7.94. The Kier molecular flexibility index (Phi) is 2.05. The maximum absolute atomic E-state index is 11.0. The molecule has 0 spiro atoms. The number of sulfone groups is 1. The molecule has 0 aromatic heterocycles. The number of hydrogen-bond acceptors (Lipinski definition) is 3. The van der Waals surface area contributed by atoms with E-state index in [2.05, 4.69) is 0 Å². The lowest BCUT2D eigenvalue weighted by atomic mass is 10.4. The summed E-state index contributed by atoms with van der Waals surface area (Å²) in [6.45, 7) is 0. The highest BCUT2D eigenvalue weighted by Crippen LogP contribution is 2.06. The fourth-order valence-corrected chi connectivity index (χ4v) is 1.35. The zero-order chi connectivity index (χ0) is 8.32. The molecular formula is C7H7NO2S. The summed E-state index contributed by atoms with van der Waals surface area (Å²) in [7, 11) is -3.46. The molecular weight excluding hydrogens is 162 g/mol. The van der Waals surface area contributed by atoms with Gasteiger partial charge < -0.3 is 0 Å². The molecule has 1 aromatic rings. The summed E-state index contributed by atoms with van der Waals surface area (Å²) in [6.07, 6.45) is 0. The second-order valence-corrected chi connectivity index (χ2v) is 3.77. The highest BCUT2D eigenvalue weighted by atomic mass is 32.2. The largest absolute Gasteiger partial charge is 0.297 e. The summed E-state index contributed by atoms with van der Waals surface area (Å²) in [6, 6.07) is 7.89. The van der Waals surface area contributed by atoms with Crippen LogP contribution in [0.15, 0.2) is 35.2 Å². The lowest BCUT2D eigenvalue weighted by molar-refractivity contribution is 0.608. The standard InChI is InChI=1S/C7H7NO2S/c8-6-11(9,10)7-4-2-1-3-5-7/h1-6,8H. The third kappa shape index (κ3) is 1.65. The van der Waals surface area contributed by atoms with Gasteiger partial charge in [-0.05, 0) is 12.1 Å². The molecule has 58 valence electrons. The van der Waals surface area contributed by atoms with E-state index in [9.17, 15) is 8.42 Å². The third-order valence-electron chi connectivity index (χ3n) is 1.23. The monoisotopic (exact) mass is 169 g/mol. The predicted octanol–water partition coefficient (Wildman–Crippen LogP) is 1.07. The molecule has 0 aliphatic rings. The summed E-state index contributed by atoms with van der Waals surface area (Å²) in [5, 5.41) is 6.63. The average Bonchev–Trinajstić information content (AvgIpc) is 2.06. The molecule has 0 saturated carbocycles. The molecule has 1 N–H and O–H groups in total. The van der Waals surface area contributed by atoms with Crippen molar-refractivity contribution in [2.24, 2.45) is 0 Å². The maximum atomic E-state index is 11.0. The van der Waals surface area contributed by atoms with Crippen molar-refractivity contribution >= 4 is 15.4 Å². The molecule has 1 rings (SSSR count). The van der Waals surface area contributed by atoms with Crippen LogP contribution in [0.5, 0.6) is 0 Å². The minimum absolute atomic E-state index is 0.162. The van der Waals surface area contributed by atoms with Crippen molar-refractivity contribution in [3.8, 4) is 0 Å². The molecule has 0 radical (unpaired) electrons. The Bertz CT molecular complexity index is 342. The van der Waals surface area contributed by atoms with Crippen LogP contribution in [0.3, 0.4) is 0 Å². The fourth-order valence-electron chi connectivity index (χ4n) is 0.678. The van der Waals surface area contributed by atoms with Gasteiger partial charge in [0.1, 0.15) is 5.55 Å². The van der Waals surface area contributed by atoms with Crippen LogP contribution < -0.4 is 0 Å². The molecule has 0 aliphatic heterocycles. The van der Waals surface area contributed by atoms with E-state index in [-0.39, 0.29) is 4.90 Å². The van der Waals surface area contributed by atoms with Crippen LogP contribution in [-0.2, 0) is 9.84 Å². The van der Waals surface area contributed by atoms with Gasteiger partial charge in [-0.3, -0.25) is 5.41 Å². The Morgan fingerprint density at radius 2 is 1.73 bits per heavy atom. The first-order valence-corrected chi connectivity index (χ1v) is 4.52. The number of hydrogen-bond donors (Lipinski definition) is 1. The summed E-state index contributed by atoms with van der Waals surface area (Å²) in [5.74, 6) is 0. The summed E-state index contributed by atoms with van der Waals surface area (Å²) in [4.78, 5) is 0.162. The van der Waals surface area contributed by atoms with Gasteiger partial charge in [0.05, 0.1) is 4.90 Å². The second kappa shape index (κ2) is 2.84. The summed E-state index contributed by atoms with van der Waals surface area (Å²) < 4.78 is 21.9. The highest BCUT2D eigenvalue weighted by Gasteiger charge is 2.07. The van der Waals surface area contributed by atoms with Crippen LogP contribution in [0.2, 0.25) is 0 Å². The van der Waals surface area contributed by atoms with Gasteiger partial charge in [0.15, 0.2) is 0 Å². The van der Waals surface area contributed by atoms with Gasteiger partial charge >= 0.3 is 0 Å². The molecule has 0 amide bonds. The highest BCUT2D eigenvalue weighted by molar-refractivity contribution is 8.04. The number of benzene rings is 1. The van der Waals surface area contributed by atoms with Gasteiger partial charge in [-0.25, -0.2) is 8.42 Å². The first-order valence-electron chi connectivity index (χ1n) is 2.97. The minimum Gasteiger partial charge on any atom is -0.297 e. The van der Waals surface area contributed by atoms with E-state index in [1.807, 2.05) is 0 Å². The van der Waals surface area contributed by atoms with Gasteiger partial charge in [-0.1, -0.05) is 18.2 Å². The molecule has 0 unspecified atom stereocenters. The second-order valence-electron chi connectivity index (χ2n) is 1.98. The van der Waals surface area contributed by atoms with Crippen LogP contribution in [0, 0.1) is 5.41 Å². The topological polar surface area (TPSA) is 58.0 Å². The van der Waals surface area contributed by atoms with E-state index in [0.29, 0.717) is 5.55 Å². The lowest BCUT2D eigenvalue weighted by Gasteiger charge is -1.94. The Morgan fingerprint density at radius 1 is 1.18 bits per heavy atom. The van der Waals surface area contributed by atoms with E-state index in [4.69, 9.17) is 5.41 Å². The maximum Gasteiger partial charge on any atom is 0.216 e. The van der Waals surface area contributed by atoms with Crippen molar-refractivity contribution in [2.75, 3.05) is 0 Å². The zero-order valence-corrected chi connectivity index (χ0v) is 6.51. The van der Waals surface area contributed by atoms with Crippen LogP contribution in [0.4, 0.5) is 0 Å². The molecule has 1 aromatic carbocycles. The number of rotatable bonds is 2. The first-order chi connectivity index (χ1) is 5.17. The Morgan fingerprint density at radius 3 is 2.18 bits per heavy atom. The van der Waals surface area contributed by atoms with Crippen LogP contribution in [0.25, 0.3) is 0 Å². The van der Waals surface area contributed by atoms with E-state index < -0.39 is 9.84 Å². The van der Waals surface area contributed by atoms with Crippen molar-refractivity contribution in [1.29, 1.82) is 5.41 Å². The SMILES string of the molecule is N=CS(=O)(=O)c1ccccc1. The van der Waals surface area contributed by atoms with Gasteiger partial charge in [-0.2, -0.15) is 0 Å². The summed E-state index contributed by atoms with van der Waals surface area (Å²) in [5.41, 5.74) is 0.447. The van der Waals surface area contributed by atoms with Crippen molar-refractivity contribution in [2.45, 2.75) is 4.90 Å². The fraction of sp³-hybridized carbons (Fsp3) is 0. The van der Waals surface area contributed by atoms with Crippen LogP contribution in [-0.4, -0.2) is 14.0 Å². The minimum atomic E-state index is -3.46. The molecule has 11 heavy (non-hydrogen) atoms. The van der Waals surface area contributed by atoms with Crippen molar-refractivity contribution < 1.29 is 8.42 Å². The van der Waals surface area contributed by atoms with E-state index in [0.717, 1.165) is 0 Å². The van der Waals surface area contributed by atoms with E-state index in [1.54, 1.807) is 18.2 Å². The molecule has 0 bridgehead atoms. The number of nitrogens with one attached hydrogen (secondary N) is 1.